The molecule has 0 bridgehead atoms. The van der Waals surface area contributed by atoms with Crippen LogP contribution in [0.5, 0.6) is 0 Å². The maximum atomic E-state index is 12.8. The van der Waals surface area contributed by atoms with Gasteiger partial charge in [0, 0.05) is 19.3 Å². The van der Waals surface area contributed by atoms with Gasteiger partial charge in [-0.05, 0) is 19.3 Å². The van der Waals surface area contributed by atoms with E-state index in [2.05, 4.69) is 20.8 Å². The smallest absolute Gasteiger partial charge is 0.306 e. The molecule has 0 spiro atoms. The Morgan fingerprint density at radius 3 is 0.690 bits per heavy atom. The number of carbonyl (C=O) groups is 3. The minimum absolute atomic E-state index is 0.0623. The molecule has 0 N–H and O–H groups in total. The number of unbranched alkanes of at least 4 members (excludes halogenated alkanes) is 37. The molecule has 0 aliphatic rings. The molecule has 0 aliphatic carbocycles. The van der Waals surface area contributed by atoms with Gasteiger partial charge in [0.05, 0.1) is 0 Å². The quantitative estimate of drug-likeness (QED) is 0.0346. The van der Waals surface area contributed by atoms with Crippen molar-refractivity contribution in [2.45, 2.75) is 303 Å². The van der Waals surface area contributed by atoms with Gasteiger partial charge in [-0.1, -0.05) is 258 Å². The lowest BCUT2D eigenvalue weighted by Crippen LogP contribution is -2.30. The molecule has 0 saturated carbocycles. The van der Waals surface area contributed by atoms with Crippen LogP contribution in [0.2, 0.25) is 0 Å². The highest BCUT2D eigenvalue weighted by atomic mass is 16.6. The predicted molar refractivity (Wildman–Crippen MR) is 247 cm³/mol. The van der Waals surface area contributed by atoms with Gasteiger partial charge in [0.1, 0.15) is 13.2 Å². The lowest BCUT2D eigenvalue weighted by atomic mass is 10.0. The fraction of sp³-hybridized carbons (Fsp3) is 0.942. The zero-order chi connectivity index (χ0) is 42.3. The van der Waals surface area contributed by atoms with Crippen molar-refractivity contribution in [3.05, 3.63) is 0 Å². The van der Waals surface area contributed by atoms with Crippen LogP contribution in [0.1, 0.15) is 297 Å². The number of ether oxygens (including phenoxy) is 3. The molecule has 0 fully saturated rings. The van der Waals surface area contributed by atoms with Crippen LogP contribution in [0, 0.1) is 0 Å². The second-order valence-electron chi connectivity index (χ2n) is 17.8. The van der Waals surface area contributed by atoms with E-state index in [1.54, 1.807) is 0 Å². The van der Waals surface area contributed by atoms with Gasteiger partial charge < -0.3 is 14.2 Å². The third kappa shape index (κ3) is 45.5. The largest absolute Gasteiger partial charge is 0.462 e. The first-order chi connectivity index (χ1) is 28.5. The number of hydrogen-bond donors (Lipinski definition) is 0. The molecule has 6 nitrogen and oxygen atoms in total. The zero-order valence-electron chi connectivity index (χ0n) is 39.3. The summed E-state index contributed by atoms with van der Waals surface area (Å²) in [4.78, 5) is 37.8. The molecular weight excluding hydrogens is 721 g/mol. The van der Waals surface area contributed by atoms with Gasteiger partial charge in [-0.3, -0.25) is 14.4 Å². The molecule has 0 radical (unpaired) electrons. The highest BCUT2D eigenvalue weighted by molar-refractivity contribution is 5.71. The third-order valence-electron chi connectivity index (χ3n) is 11.9. The molecule has 1 atom stereocenters. The Kier molecular flexibility index (Phi) is 46.8. The van der Waals surface area contributed by atoms with E-state index in [9.17, 15) is 14.4 Å². The van der Waals surface area contributed by atoms with E-state index in [-0.39, 0.29) is 31.1 Å². The molecular formula is C52H100O6. The van der Waals surface area contributed by atoms with E-state index in [4.69, 9.17) is 14.2 Å². The Balaban J connectivity index is 4.18. The fourth-order valence-electron chi connectivity index (χ4n) is 7.92. The summed E-state index contributed by atoms with van der Waals surface area (Å²) in [7, 11) is 0. The number of hydrogen-bond acceptors (Lipinski definition) is 6. The van der Waals surface area contributed by atoms with Crippen LogP contribution < -0.4 is 0 Å². The molecule has 0 aromatic heterocycles. The van der Waals surface area contributed by atoms with Gasteiger partial charge in [0.2, 0.25) is 0 Å². The average molecular weight is 821 g/mol. The van der Waals surface area contributed by atoms with Crippen molar-refractivity contribution in [3.8, 4) is 0 Å². The summed E-state index contributed by atoms with van der Waals surface area (Å²) in [6.07, 6.45) is 51.0. The van der Waals surface area contributed by atoms with E-state index in [1.807, 2.05) is 0 Å². The minimum Gasteiger partial charge on any atom is -0.462 e. The van der Waals surface area contributed by atoms with Gasteiger partial charge in [0.15, 0.2) is 6.10 Å². The topological polar surface area (TPSA) is 78.9 Å². The summed E-state index contributed by atoms with van der Waals surface area (Å²) < 4.78 is 16.7. The Morgan fingerprint density at radius 1 is 0.276 bits per heavy atom. The molecule has 0 aromatic rings. The summed E-state index contributed by atoms with van der Waals surface area (Å²) in [5.74, 6) is -0.848. The summed E-state index contributed by atoms with van der Waals surface area (Å²) in [6, 6.07) is 0. The van der Waals surface area contributed by atoms with Gasteiger partial charge in [-0.2, -0.15) is 0 Å². The van der Waals surface area contributed by atoms with Crippen molar-refractivity contribution in [2.24, 2.45) is 0 Å². The van der Waals surface area contributed by atoms with Crippen LogP contribution in [-0.2, 0) is 28.6 Å². The van der Waals surface area contributed by atoms with Crippen LogP contribution >= 0.6 is 0 Å². The van der Waals surface area contributed by atoms with Crippen molar-refractivity contribution >= 4 is 17.9 Å². The first-order valence-electron chi connectivity index (χ1n) is 26.0. The predicted octanol–water partition coefficient (Wildman–Crippen LogP) is 16.8. The SMILES string of the molecule is CCCCCCCCCCCCCCCCCCCC(=O)OC[C@@H](COC(=O)CCCCCCCCC)OC(=O)CCCCCCCCCCCCCCCCCC. The van der Waals surface area contributed by atoms with Crippen molar-refractivity contribution in [1.29, 1.82) is 0 Å². The van der Waals surface area contributed by atoms with Crippen LogP contribution in [0.25, 0.3) is 0 Å². The Morgan fingerprint density at radius 2 is 0.466 bits per heavy atom. The third-order valence-corrected chi connectivity index (χ3v) is 11.9. The first-order valence-corrected chi connectivity index (χ1v) is 26.0. The monoisotopic (exact) mass is 821 g/mol. The summed E-state index contributed by atoms with van der Waals surface area (Å²) >= 11 is 0. The standard InChI is InChI=1S/C52H100O6/c1-4-7-10-13-16-18-20-22-24-26-28-29-31-33-36-39-42-45-51(54)57-48-49(47-56-50(53)44-41-38-35-15-12-9-6-3)58-52(55)46-43-40-37-34-32-30-27-25-23-21-19-17-14-11-8-5-2/h49H,4-48H2,1-3H3/t49-/m1/s1. The summed E-state index contributed by atoms with van der Waals surface area (Å²) in [6.45, 7) is 6.65. The van der Waals surface area contributed by atoms with E-state index in [1.165, 1.54) is 199 Å². The highest BCUT2D eigenvalue weighted by Crippen LogP contribution is 2.17. The van der Waals surface area contributed by atoms with Crippen molar-refractivity contribution in [2.75, 3.05) is 13.2 Å². The van der Waals surface area contributed by atoms with Crippen molar-refractivity contribution < 1.29 is 28.6 Å². The molecule has 0 aliphatic heterocycles. The molecule has 344 valence electrons. The number of carbonyl (C=O) groups excluding carboxylic acids is 3. The first kappa shape index (κ1) is 56.4. The minimum atomic E-state index is -0.758. The van der Waals surface area contributed by atoms with Crippen molar-refractivity contribution in [1.82, 2.24) is 0 Å². The Bertz CT molecular complexity index is 859. The van der Waals surface area contributed by atoms with Gasteiger partial charge in [-0.15, -0.1) is 0 Å². The summed E-state index contributed by atoms with van der Waals surface area (Å²) in [5, 5.41) is 0. The van der Waals surface area contributed by atoms with Crippen molar-refractivity contribution in [3.63, 3.8) is 0 Å². The molecule has 0 heterocycles. The van der Waals surface area contributed by atoms with E-state index >= 15 is 0 Å². The maximum absolute atomic E-state index is 12.8. The van der Waals surface area contributed by atoms with Crippen LogP contribution in [0.4, 0.5) is 0 Å². The lowest BCUT2D eigenvalue weighted by molar-refractivity contribution is -0.167. The van der Waals surface area contributed by atoms with Crippen LogP contribution in [0.15, 0.2) is 0 Å². The number of esters is 3. The maximum Gasteiger partial charge on any atom is 0.306 e. The lowest BCUT2D eigenvalue weighted by Gasteiger charge is -2.18. The number of rotatable bonds is 48. The molecule has 0 unspecified atom stereocenters. The molecule has 6 heteroatoms. The van der Waals surface area contributed by atoms with Crippen LogP contribution in [0.3, 0.4) is 0 Å². The average Bonchev–Trinajstić information content (AvgIpc) is 3.22. The summed E-state index contributed by atoms with van der Waals surface area (Å²) in [5.41, 5.74) is 0. The second-order valence-corrected chi connectivity index (χ2v) is 17.8. The van der Waals surface area contributed by atoms with E-state index < -0.39 is 6.10 Å². The van der Waals surface area contributed by atoms with Gasteiger partial charge in [0.25, 0.3) is 0 Å². The second kappa shape index (κ2) is 48.1. The normalized spacial score (nSPS) is 11.8. The fourth-order valence-corrected chi connectivity index (χ4v) is 7.92. The zero-order valence-corrected chi connectivity index (χ0v) is 39.3. The van der Waals surface area contributed by atoms with E-state index in [0.717, 1.165) is 57.8 Å². The Hall–Kier alpha value is -1.59. The van der Waals surface area contributed by atoms with Gasteiger partial charge in [-0.25, -0.2) is 0 Å². The van der Waals surface area contributed by atoms with Crippen LogP contribution in [-0.4, -0.2) is 37.2 Å². The molecule has 0 amide bonds. The van der Waals surface area contributed by atoms with E-state index in [0.29, 0.717) is 19.3 Å². The molecule has 0 saturated heterocycles. The van der Waals surface area contributed by atoms with Gasteiger partial charge >= 0.3 is 17.9 Å². The highest BCUT2D eigenvalue weighted by Gasteiger charge is 2.19. The molecule has 0 rings (SSSR count). The molecule has 0 aromatic carbocycles. The Labute approximate surface area is 361 Å². The molecule has 58 heavy (non-hydrogen) atoms.